The monoisotopic (exact) mass is 425 g/mol. The number of hydrogen-bond acceptors (Lipinski definition) is 8. The summed E-state index contributed by atoms with van der Waals surface area (Å²) in [5.41, 5.74) is 2.03. The largest absolute Gasteiger partial charge is 0.370 e. The maximum atomic E-state index is 8.90. The molecule has 0 aromatic carbocycles. The van der Waals surface area contributed by atoms with E-state index in [0.29, 0.717) is 5.02 Å². The summed E-state index contributed by atoms with van der Waals surface area (Å²) < 4.78 is 4.28. The number of rotatable bonds is 12. The van der Waals surface area contributed by atoms with E-state index in [2.05, 4.69) is 26.1 Å². The predicted molar refractivity (Wildman–Crippen MR) is 113 cm³/mol. The van der Waals surface area contributed by atoms with Crippen LogP contribution in [0.5, 0.6) is 0 Å². The van der Waals surface area contributed by atoms with Crippen LogP contribution in [0, 0.1) is 11.3 Å². The van der Waals surface area contributed by atoms with Crippen molar-refractivity contribution >= 4 is 46.7 Å². The van der Waals surface area contributed by atoms with Gasteiger partial charge in [0.1, 0.15) is 5.82 Å². The molecule has 0 saturated heterocycles. The van der Waals surface area contributed by atoms with Crippen molar-refractivity contribution < 1.29 is 0 Å². The summed E-state index contributed by atoms with van der Waals surface area (Å²) in [4.78, 5) is 4.27. The van der Waals surface area contributed by atoms with Crippen LogP contribution in [0.15, 0.2) is 41.7 Å². The molecule has 0 fully saturated rings. The molecule has 9 heteroatoms. The van der Waals surface area contributed by atoms with E-state index in [9.17, 15) is 0 Å². The van der Waals surface area contributed by atoms with Crippen LogP contribution in [0.1, 0.15) is 11.4 Å². The van der Waals surface area contributed by atoms with Gasteiger partial charge in [-0.25, -0.2) is 0 Å². The van der Waals surface area contributed by atoms with Crippen LogP contribution in [0.25, 0.3) is 0 Å². The first kappa shape index (κ1) is 20.9. The van der Waals surface area contributed by atoms with Crippen LogP contribution in [0.4, 0.5) is 0 Å². The van der Waals surface area contributed by atoms with Crippen molar-refractivity contribution in [1.29, 1.82) is 5.26 Å². The summed E-state index contributed by atoms with van der Waals surface area (Å²) in [6, 6.07) is 7.80. The Morgan fingerprint density at radius 3 is 2.65 bits per heavy atom. The van der Waals surface area contributed by atoms with E-state index in [1.165, 1.54) is 17.6 Å². The van der Waals surface area contributed by atoms with Crippen LogP contribution in [-0.4, -0.2) is 34.0 Å². The maximum Gasteiger partial charge on any atom is 0.109 e. The average Bonchev–Trinajstić information content (AvgIpc) is 3.16. The summed E-state index contributed by atoms with van der Waals surface area (Å²) in [5, 5.41) is 18.1. The summed E-state index contributed by atoms with van der Waals surface area (Å²) in [7, 11) is 0. The second-order valence-electron chi connectivity index (χ2n) is 5.07. The number of nitrogens with zero attached hydrogens (tertiary/aromatic N) is 3. The Morgan fingerprint density at radius 2 is 2.00 bits per heavy atom. The molecule has 2 rings (SSSR count). The molecule has 2 heterocycles. The highest BCUT2D eigenvalue weighted by atomic mass is 35.5. The summed E-state index contributed by atoms with van der Waals surface area (Å²) in [6.07, 6.45) is 3.26. The first-order valence-electron chi connectivity index (χ1n) is 8.01. The van der Waals surface area contributed by atoms with Crippen molar-refractivity contribution in [2.24, 2.45) is 0 Å². The van der Waals surface area contributed by atoms with E-state index in [1.807, 2.05) is 35.3 Å². The Labute approximate surface area is 171 Å². The first-order valence-corrected chi connectivity index (χ1v) is 11.5. The van der Waals surface area contributed by atoms with Gasteiger partial charge in [0.25, 0.3) is 0 Å². The lowest BCUT2D eigenvalue weighted by atomic mass is 10.4. The molecule has 0 bridgehead atoms. The zero-order valence-electron chi connectivity index (χ0n) is 14.2. The van der Waals surface area contributed by atoms with Crippen molar-refractivity contribution in [2.45, 2.75) is 11.5 Å². The third-order valence-corrected chi connectivity index (χ3v) is 6.05. The molecule has 138 valence electrons. The van der Waals surface area contributed by atoms with E-state index in [4.69, 9.17) is 16.9 Å². The molecule has 26 heavy (non-hydrogen) atoms. The molecular weight excluding hydrogens is 406 g/mol. The highest BCUT2D eigenvalue weighted by molar-refractivity contribution is 7.98. The van der Waals surface area contributed by atoms with Crippen molar-refractivity contribution in [2.75, 3.05) is 24.6 Å². The number of halogens is 1. The van der Waals surface area contributed by atoms with E-state index >= 15 is 0 Å². The fourth-order valence-electron chi connectivity index (χ4n) is 1.93. The van der Waals surface area contributed by atoms with E-state index in [-0.39, 0.29) is 0 Å². The van der Waals surface area contributed by atoms with Crippen molar-refractivity contribution in [3.05, 3.63) is 58.1 Å². The smallest absolute Gasteiger partial charge is 0.109 e. The third-order valence-electron chi connectivity index (χ3n) is 3.15. The van der Waals surface area contributed by atoms with Gasteiger partial charge in [0.2, 0.25) is 0 Å². The van der Waals surface area contributed by atoms with Crippen LogP contribution in [0.3, 0.4) is 0 Å². The molecule has 5 nitrogen and oxygen atoms in total. The Balaban J connectivity index is 1.57. The topological polar surface area (TPSA) is 73.6 Å². The van der Waals surface area contributed by atoms with Gasteiger partial charge in [-0.2, -0.15) is 33.2 Å². The zero-order valence-corrected chi connectivity index (χ0v) is 17.4. The minimum absolute atomic E-state index is 0.704. The highest BCUT2D eigenvalue weighted by Gasteiger charge is 2.01. The van der Waals surface area contributed by atoms with Crippen LogP contribution in [0.2, 0.25) is 5.02 Å². The standard InChI is InChI=1S/C17H20ClN5S3/c18-15-2-1-6-20-16(15)13-25-11-8-22-17(3-5-19)21-7-10-24-12-14-4-9-26-23-14/h1-4,6,9,21-22H,7-8,10-13H2. The van der Waals surface area contributed by atoms with Crippen molar-refractivity contribution in [3.63, 3.8) is 0 Å². The molecule has 0 unspecified atom stereocenters. The molecule has 2 N–H and O–H groups in total. The number of thioether (sulfide) groups is 2. The first-order chi connectivity index (χ1) is 12.8. The minimum atomic E-state index is 0.704. The number of aromatic nitrogens is 2. The van der Waals surface area contributed by atoms with Gasteiger partial charge < -0.3 is 10.6 Å². The molecule has 0 aliphatic rings. The Kier molecular flexibility index (Phi) is 10.4. The molecule has 2 aromatic heterocycles. The molecule has 2 aromatic rings. The zero-order chi connectivity index (χ0) is 18.5. The number of hydrogen-bond donors (Lipinski definition) is 2. The lowest BCUT2D eigenvalue weighted by Gasteiger charge is -2.12. The summed E-state index contributed by atoms with van der Waals surface area (Å²) in [5.74, 6) is 4.31. The van der Waals surface area contributed by atoms with Gasteiger partial charge >= 0.3 is 0 Å². The van der Waals surface area contributed by atoms with Crippen LogP contribution in [-0.2, 0) is 11.5 Å². The number of nitriles is 1. The lowest BCUT2D eigenvalue weighted by Crippen LogP contribution is -2.29. The van der Waals surface area contributed by atoms with Gasteiger partial charge in [-0.05, 0) is 29.7 Å². The van der Waals surface area contributed by atoms with Gasteiger partial charge in [0.05, 0.1) is 28.6 Å². The number of allylic oxidation sites excluding steroid dienone is 1. The Hall–Kier alpha value is -1.40. The van der Waals surface area contributed by atoms with Crippen LogP contribution >= 0.6 is 46.7 Å². The van der Waals surface area contributed by atoms with Crippen molar-refractivity contribution in [1.82, 2.24) is 20.0 Å². The SMILES string of the molecule is N#CC=C(NCCSCc1ccsn1)NCCSCc1ncccc1Cl. The van der Waals surface area contributed by atoms with Crippen LogP contribution < -0.4 is 10.6 Å². The lowest BCUT2D eigenvalue weighted by molar-refractivity contribution is 0.728. The normalized spacial score (nSPS) is 11.2. The predicted octanol–water partition coefficient (Wildman–Crippen LogP) is 3.90. The van der Waals surface area contributed by atoms with Gasteiger partial charge in [0, 0.05) is 47.7 Å². The molecule has 0 radical (unpaired) electrons. The summed E-state index contributed by atoms with van der Waals surface area (Å²) >= 11 is 11.1. The fourth-order valence-corrected chi connectivity index (χ4v) is 4.39. The quantitative estimate of drug-likeness (QED) is 0.394. The van der Waals surface area contributed by atoms with Gasteiger partial charge in [0.15, 0.2) is 0 Å². The second kappa shape index (κ2) is 12.9. The molecule has 0 spiro atoms. The molecule has 0 aliphatic heterocycles. The average molecular weight is 426 g/mol. The van der Waals surface area contributed by atoms with E-state index in [1.54, 1.807) is 18.0 Å². The van der Waals surface area contributed by atoms with Gasteiger partial charge in [-0.1, -0.05) is 11.6 Å². The van der Waals surface area contributed by atoms with E-state index in [0.717, 1.165) is 53.3 Å². The molecule has 0 aliphatic carbocycles. The maximum absolute atomic E-state index is 8.90. The minimum Gasteiger partial charge on any atom is -0.370 e. The summed E-state index contributed by atoms with van der Waals surface area (Å²) in [6.45, 7) is 1.56. The number of nitrogens with one attached hydrogen (secondary N) is 2. The van der Waals surface area contributed by atoms with Gasteiger partial charge in [-0.15, -0.1) is 0 Å². The molecule has 0 amide bonds. The second-order valence-corrected chi connectivity index (χ2v) is 8.35. The van der Waals surface area contributed by atoms with Gasteiger partial charge in [-0.3, -0.25) is 4.98 Å². The Morgan fingerprint density at radius 1 is 1.23 bits per heavy atom. The van der Waals surface area contributed by atoms with E-state index < -0.39 is 0 Å². The molecule has 0 atom stereocenters. The molecular formula is C17H20ClN5S3. The molecule has 0 saturated carbocycles. The fraction of sp³-hybridized carbons (Fsp3) is 0.353. The number of pyridine rings is 1. The Bertz CT molecular complexity index is 715. The third kappa shape index (κ3) is 8.32. The highest BCUT2D eigenvalue weighted by Crippen LogP contribution is 2.18. The van der Waals surface area contributed by atoms with Crippen molar-refractivity contribution in [3.8, 4) is 6.07 Å².